The molecule has 0 saturated heterocycles. The Kier molecular flexibility index (Phi) is 5.30. The molecule has 8 heteroatoms. The molecular formula is C20H17ClF3NO3. The number of carboxylic acid groups (broad SMARTS) is 1. The number of hydrogen-bond donors (Lipinski definition) is 1. The average Bonchev–Trinajstić information content (AvgIpc) is 2.61. The molecule has 0 aliphatic carbocycles. The lowest BCUT2D eigenvalue weighted by Gasteiger charge is -2.27. The van der Waals surface area contributed by atoms with E-state index in [9.17, 15) is 18.0 Å². The number of rotatable bonds is 4. The van der Waals surface area contributed by atoms with E-state index in [1.807, 2.05) is 43.3 Å². The molecule has 0 fully saturated rings. The number of anilines is 1. The summed E-state index contributed by atoms with van der Waals surface area (Å²) in [6.07, 6.45) is -6.01. The number of aliphatic carboxylic acids is 1. The summed E-state index contributed by atoms with van der Waals surface area (Å²) in [6, 6.07) is 10.5. The lowest BCUT2D eigenvalue weighted by atomic mass is 9.97. The molecule has 148 valence electrons. The number of halogens is 4. The fourth-order valence-electron chi connectivity index (χ4n) is 2.94. The van der Waals surface area contributed by atoms with Gasteiger partial charge < -0.3 is 14.7 Å². The quantitative estimate of drug-likeness (QED) is 0.786. The van der Waals surface area contributed by atoms with Gasteiger partial charge in [0.2, 0.25) is 6.10 Å². The summed E-state index contributed by atoms with van der Waals surface area (Å²) >= 11 is 6.28. The number of carbonyl (C=O) groups is 1. The number of hydrogen-bond acceptors (Lipinski definition) is 3. The summed E-state index contributed by atoms with van der Waals surface area (Å²) in [5, 5.41) is 9.42. The van der Waals surface area contributed by atoms with Gasteiger partial charge in [0.05, 0.1) is 5.57 Å². The lowest BCUT2D eigenvalue weighted by molar-refractivity contribution is -0.187. The number of alkyl halides is 3. The highest BCUT2D eigenvalue weighted by molar-refractivity contribution is 6.31. The van der Waals surface area contributed by atoms with Crippen molar-refractivity contribution in [2.45, 2.75) is 18.7 Å². The maximum absolute atomic E-state index is 13.2. The van der Waals surface area contributed by atoms with Crippen molar-refractivity contribution in [1.82, 2.24) is 0 Å². The Morgan fingerprint density at radius 1 is 1.21 bits per heavy atom. The second-order valence-corrected chi connectivity index (χ2v) is 7.07. The van der Waals surface area contributed by atoms with Crippen LogP contribution in [-0.2, 0) is 11.2 Å². The number of benzene rings is 2. The van der Waals surface area contributed by atoms with Gasteiger partial charge in [-0.25, -0.2) is 4.79 Å². The van der Waals surface area contributed by atoms with Gasteiger partial charge in [-0.1, -0.05) is 23.7 Å². The van der Waals surface area contributed by atoms with Crippen molar-refractivity contribution in [3.05, 3.63) is 63.7 Å². The smallest absolute Gasteiger partial charge is 0.430 e. The molecule has 0 amide bonds. The van der Waals surface area contributed by atoms with Gasteiger partial charge in [-0.05, 0) is 47.9 Å². The van der Waals surface area contributed by atoms with Crippen LogP contribution in [0.1, 0.15) is 16.7 Å². The molecular weight excluding hydrogens is 395 g/mol. The monoisotopic (exact) mass is 411 g/mol. The first-order valence-electron chi connectivity index (χ1n) is 8.33. The van der Waals surface area contributed by atoms with Crippen LogP contribution in [0.2, 0.25) is 5.02 Å². The minimum absolute atomic E-state index is 0.0448. The predicted molar refractivity (Wildman–Crippen MR) is 101 cm³/mol. The van der Waals surface area contributed by atoms with Crippen LogP contribution in [0.4, 0.5) is 18.9 Å². The zero-order chi connectivity index (χ0) is 20.6. The van der Waals surface area contributed by atoms with Gasteiger partial charge in [-0.2, -0.15) is 13.2 Å². The lowest BCUT2D eigenvalue weighted by Crippen LogP contribution is -2.40. The highest BCUT2D eigenvalue weighted by Gasteiger charge is 2.48. The van der Waals surface area contributed by atoms with Crippen molar-refractivity contribution in [2.24, 2.45) is 0 Å². The first kappa shape index (κ1) is 20.1. The van der Waals surface area contributed by atoms with Crippen molar-refractivity contribution in [1.29, 1.82) is 0 Å². The second-order valence-electron chi connectivity index (χ2n) is 6.66. The highest BCUT2D eigenvalue weighted by Crippen LogP contribution is 2.39. The van der Waals surface area contributed by atoms with Gasteiger partial charge in [-0.3, -0.25) is 0 Å². The third-order valence-electron chi connectivity index (χ3n) is 4.41. The third kappa shape index (κ3) is 4.09. The third-order valence-corrected chi connectivity index (χ3v) is 4.76. The molecule has 2 aromatic carbocycles. The van der Waals surface area contributed by atoms with E-state index in [1.54, 1.807) is 0 Å². The van der Waals surface area contributed by atoms with Crippen molar-refractivity contribution in [3.8, 4) is 5.75 Å². The molecule has 1 N–H and O–H groups in total. The molecule has 1 unspecified atom stereocenters. The first-order chi connectivity index (χ1) is 13.1. The van der Waals surface area contributed by atoms with Crippen LogP contribution in [0.3, 0.4) is 0 Å². The zero-order valence-electron chi connectivity index (χ0n) is 15.0. The Balaban J connectivity index is 1.95. The van der Waals surface area contributed by atoms with Crippen LogP contribution in [0.25, 0.3) is 6.08 Å². The Morgan fingerprint density at radius 2 is 1.86 bits per heavy atom. The molecule has 0 radical (unpaired) electrons. The summed E-state index contributed by atoms with van der Waals surface area (Å²) in [5.74, 6) is -1.73. The normalized spacial score (nSPS) is 16.1. The van der Waals surface area contributed by atoms with Crippen LogP contribution >= 0.6 is 11.6 Å². The molecule has 28 heavy (non-hydrogen) atoms. The van der Waals surface area contributed by atoms with Crippen LogP contribution in [0.15, 0.2) is 42.0 Å². The second kappa shape index (κ2) is 7.39. The molecule has 4 nitrogen and oxygen atoms in total. The Bertz CT molecular complexity index is 937. The Morgan fingerprint density at radius 3 is 2.39 bits per heavy atom. The summed E-state index contributed by atoms with van der Waals surface area (Å²) in [4.78, 5) is 13.2. The van der Waals surface area contributed by atoms with E-state index in [0.717, 1.165) is 17.3 Å². The van der Waals surface area contributed by atoms with E-state index in [-0.39, 0.29) is 11.3 Å². The van der Waals surface area contributed by atoms with Crippen molar-refractivity contribution >= 4 is 29.3 Å². The van der Waals surface area contributed by atoms with Crippen LogP contribution in [-0.4, -0.2) is 37.5 Å². The fraction of sp³-hybridized carbons (Fsp3) is 0.250. The van der Waals surface area contributed by atoms with E-state index in [2.05, 4.69) is 0 Å². The molecule has 1 aliphatic rings. The minimum atomic E-state index is -4.84. The molecule has 0 bridgehead atoms. The molecule has 0 saturated carbocycles. The number of ether oxygens (including phenoxy) is 1. The van der Waals surface area contributed by atoms with E-state index >= 15 is 0 Å². The van der Waals surface area contributed by atoms with Crippen molar-refractivity contribution in [3.63, 3.8) is 0 Å². The molecule has 0 aromatic heterocycles. The molecule has 1 heterocycles. The molecule has 2 aromatic rings. The van der Waals surface area contributed by atoms with Gasteiger partial charge >= 0.3 is 12.1 Å². The maximum Gasteiger partial charge on any atom is 0.430 e. The fourth-order valence-corrected chi connectivity index (χ4v) is 3.18. The van der Waals surface area contributed by atoms with Crippen LogP contribution < -0.4 is 9.64 Å². The minimum Gasteiger partial charge on any atom is -0.478 e. The number of fused-ring (bicyclic) bond motifs is 1. The Labute approximate surface area is 164 Å². The van der Waals surface area contributed by atoms with E-state index in [1.165, 1.54) is 12.1 Å². The van der Waals surface area contributed by atoms with Gasteiger partial charge in [0.25, 0.3) is 0 Å². The Hall–Kier alpha value is -2.67. The largest absolute Gasteiger partial charge is 0.478 e. The topological polar surface area (TPSA) is 49.8 Å². The van der Waals surface area contributed by atoms with Crippen molar-refractivity contribution in [2.75, 3.05) is 19.0 Å². The maximum atomic E-state index is 13.2. The standard InChI is InChI=1S/C20H17ClF3NO3/c1-25(2)14-5-3-11(4-6-14)7-12-10-17-13(9-16(12)21)8-15(19(26)27)18(28-17)20(22,23)24/h3-6,8-10,18H,7H2,1-2H3,(H,26,27). The molecule has 0 spiro atoms. The van der Waals surface area contributed by atoms with Gasteiger partial charge in [0.15, 0.2) is 0 Å². The van der Waals surface area contributed by atoms with E-state index in [0.29, 0.717) is 17.0 Å². The average molecular weight is 412 g/mol. The molecule has 1 aliphatic heterocycles. The number of carboxylic acids is 1. The van der Waals surface area contributed by atoms with Gasteiger partial charge in [0, 0.05) is 30.4 Å². The summed E-state index contributed by atoms with van der Waals surface area (Å²) in [6.45, 7) is 0. The first-order valence-corrected chi connectivity index (χ1v) is 8.71. The van der Waals surface area contributed by atoms with E-state index < -0.39 is 23.8 Å². The highest BCUT2D eigenvalue weighted by atomic mass is 35.5. The molecule has 1 atom stereocenters. The van der Waals surface area contributed by atoms with Crippen LogP contribution in [0, 0.1) is 0 Å². The SMILES string of the molecule is CN(C)c1ccc(Cc2cc3c(cc2Cl)C=C(C(=O)O)C(C(F)(F)F)O3)cc1. The number of nitrogens with zero attached hydrogens (tertiary/aromatic N) is 1. The summed E-state index contributed by atoms with van der Waals surface area (Å²) < 4.78 is 44.7. The van der Waals surface area contributed by atoms with Gasteiger partial charge in [0.1, 0.15) is 5.75 Å². The molecule has 3 rings (SSSR count). The zero-order valence-corrected chi connectivity index (χ0v) is 15.8. The summed E-state index contributed by atoms with van der Waals surface area (Å²) in [7, 11) is 3.84. The van der Waals surface area contributed by atoms with E-state index in [4.69, 9.17) is 21.4 Å². The predicted octanol–water partition coefficient (Wildman–Crippen LogP) is 4.79. The van der Waals surface area contributed by atoms with Gasteiger partial charge in [-0.15, -0.1) is 0 Å². The van der Waals surface area contributed by atoms with Crippen LogP contribution in [0.5, 0.6) is 5.75 Å². The van der Waals surface area contributed by atoms with Crippen molar-refractivity contribution < 1.29 is 27.8 Å². The summed E-state index contributed by atoms with van der Waals surface area (Å²) in [5.41, 5.74) is 1.86.